The number of fused-ring (bicyclic) bond motifs is 2. The SMILES string of the molecule is Cc1ccc2cc1S2. The summed E-state index contributed by atoms with van der Waals surface area (Å²) in [5, 5.41) is 0. The molecule has 0 N–H and O–H groups in total. The number of hydrogen-bond donors (Lipinski definition) is 0. The molecule has 40 valence electrons. The van der Waals surface area contributed by atoms with Crippen molar-refractivity contribution in [3.8, 4) is 0 Å². The van der Waals surface area contributed by atoms with E-state index in [1.165, 1.54) is 15.4 Å². The molecule has 1 aromatic rings. The predicted molar refractivity (Wildman–Crippen MR) is 35.3 cm³/mol. The molecule has 0 aromatic heterocycles. The minimum absolute atomic E-state index is 1.41. The van der Waals surface area contributed by atoms with Gasteiger partial charge in [0.25, 0.3) is 0 Å². The molecule has 0 amide bonds. The van der Waals surface area contributed by atoms with Crippen molar-refractivity contribution in [2.75, 3.05) is 0 Å². The second-order valence-electron chi connectivity index (χ2n) is 2.03. The first-order valence-corrected chi connectivity index (χ1v) is 3.46. The lowest BCUT2D eigenvalue weighted by molar-refractivity contribution is 1.18. The van der Waals surface area contributed by atoms with E-state index in [0.29, 0.717) is 0 Å². The molecule has 0 nitrogen and oxygen atoms in total. The summed E-state index contributed by atoms with van der Waals surface area (Å²) in [5.74, 6) is 0. The maximum atomic E-state index is 2.22. The third-order valence-electron chi connectivity index (χ3n) is 1.39. The number of benzene rings is 1. The van der Waals surface area contributed by atoms with Crippen molar-refractivity contribution < 1.29 is 0 Å². The highest BCUT2D eigenvalue weighted by Crippen LogP contribution is 2.40. The van der Waals surface area contributed by atoms with Gasteiger partial charge in [0.1, 0.15) is 0 Å². The second kappa shape index (κ2) is 1.29. The minimum atomic E-state index is 1.41. The van der Waals surface area contributed by atoms with E-state index in [4.69, 9.17) is 0 Å². The molecule has 0 unspecified atom stereocenters. The van der Waals surface area contributed by atoms with Gasteiger partial charge in [-0.2, -0.15) is 0 Å². The molecule has 0 saturated heterocycles. The van der Waals surface area contributed by atoms with Crippen LogP contribution in [0.2, 0.25) is 0 Å². The summed E-state index contributed by atoms with van der Waals surface area (Å²) in [6.07, 6.45) is 0. The van der Waals surface area contributed by atoms with Gasteiger partial charge >= 0.3 is 0 Å². The molecule has 1 heteroatoms. The predicted octanol–water partition coefficient (Wildman–Crippen LogP) is 2.46. The van der Waals surface area contributed by atoms with Crippen LogP contribution in [0.4, 0.5) is 0 Å². The Morgan fingerprint density at radius 3 is 2.38 bits per heavy atom. The van der Waals surface area contributed by atoms with E-state index in [0.717, 1.165) is 0 Å². The van der Waals surface area contributed by atoms with Gasteiger partial charge in [0.15, 0.2) is 0 Å². The minimum Gasteiger partial charge on any atom is -0.0897 e. The third-order valence-corrected chi connectivity index (χ3v) is 2.54. The Balaban J connectivity index is 2.72. The molecule has 0 aliphatic carbocycles. The van der Waals surface area contributed by atoms with E-state index in [-0.39, 0.29) is 0 Å². The Bertz CT molecular complexity index is 219. The lowest BCUT2D eigenvalue weighted by Crippen LogP contribution is -1.88. The van der Waals surface area contributed by atoms with Gasteiger partial charge in [0.05, 0.1) is 0 Å². The average Bonchev–Trinajstić information content (AvgIpc) is 1.62. The average molecular weight is 122 g/mol. The highest BCUT2D eigenvalue weighted by molar-refractivity contribution is 8.00. The fourth-order valence-corrected chi connectivity index (χ4v) is 1.62. The summed E-state index contributed by atoms with van der Waals surface area (Å²) in [4.78, 5) is 2.85. The van der Waals surface area contributed by atoms with Crippen LogP contribution in [0.3, 0.4) is 0 Å². The van der Waals surface area contributed by atoms with E-state index in [1.807, 2.05) is 11.8 Å². The van der Waals surface area contributed by atoms with Crippen molar-refractivity contribution in [1.82, 2.24) is 0 Å². The first kappa shape index (κ1) is 4.45. The van der Waals surface area contributed by atoms with Gasteiger partial charge in [-0.3, -0.25) is 0 Å². The number of rotatable bonds is 0. The lowest BCUT2D eigenvalue weighted by atomic mass is 10.2. The monoisotopic (exact) mass is 122 g/mol. The normalized spacial score (nSPS) is 13.1. The maximum absolute atomic E-state index is 2.22. The zero-order valence-electron chi connectivity index (χ0n) is 4.64. The van der Waals surface area contributed by atoms with Crippen molar-refractivity contribution in [3.05, 3.63) is 23.8 Å². The summed E-state index contributed by atoms with van der Waals surface area (Å²) in [6.45, 7) is 2.14. The van der Waals surface area contributed by atoms with Crippen LogP contribution in [-0.2, 0) is 0 Å². The van der Waals surface area contributed by atoms with Gasteiger partial charge in [0, 0.05) is 9.79 Å². The highest BCUT2D eigenvalue weighted by Gasteiger charge is 2.10. The van der Waals surface area contributed by atoms with Crippen LogP contribution in [-0.4, -0.2) is 0 Å². The molecule has 0 spiro atoms. The maximum Gasteiger partial charge on any atom is 0.0162 e. The molecule has 0 atom stereocenters. The van der Waals surface area contributed by atoms with Crippen LogP contribution >= 0.6 is 11.8 Å². The first-order valence-electron chi connectivity index (χ1n) is 2.65. The van der Waals surface area contributed by atoms with E-state index in [9.17, 15) is 0 Å². The molecule has 0 saturated carbocycles. The van der Waals surface area contributed by atoms with Crippen LogP contribution in [0, 0.1) is 6.92 Å². The van der Waals surface area contributed by atoms with E-state index >= 15 is 0 Å². The summed E-state index contributed by atoms with van der Waals surface area (Å²) in [6, 6.07) is 6.55. The molecule has 0 fully saturated rings. The van der Waals surface area contributed by atoms with Crippen molar-refractivity contribution in [2.24, 2.45) is 0 Å². The third kappa shape index (κ3) is 0.424. The van der Waals surface area contributed by atoms with E-state index in [2.05, 4.69) is 25.1 Å². The molecular weight excluding hydrogens is 116 g/mol. The highest BCUT2D eigenvalue weighted by atomic mass is 32.2. The zero-order valence-corrected chi connectivity index (χ0v) is 5.46. The standard InChI is InChI=1S/C7H6S/c1-5-2-3-6-4-7(5)8-6/h2-4H,1H3. The molecule has 2 heterocycles. The van der Waals surface area contributed by atoms with Gasteiger partial charge in [-0.05, 0) is 24.6 Å². The molecule has 8 heavy (non-hydrogen) atoms. The van der Waals surface area contributed by atoms with Crippen LogP contribution in [0.5, 0.6) is 0 Å². The van der Waals surface area contributed by atoms with Crippen molar-refractivity contribution in [3.63, 3.8) is 0 Å². The summed E-state index contributed by atoms with van der Waals surface area (Å²) >= 11 is 1.88. The van der Waals surface area contributed by atoms with Crippen LogP contribution in [0.25, 0.3) is 0 Å². The van der Waals surface area contributed by atoms with Gasteiger partial charge in [-0.25, -0.2) is 0 Å². The zero-order chi connectivity index (χ0) is 5.56. The van der Waals surface area contributed by atoms with E-state index in [1.54, 1.807) is 0 Å². The topological polar surface area (TPSA) is 0 Å². The fourth-order valence-electron chi connectivity index (χ4n) is 0.823. The Labute approximate surface area is 52.9 Å². The summed E-state index contributed by atoms with van der Waals surface area (Å²) < 4.78 is 0. The molecule has 3 rings (SSSR count). The largest absolute Gasteiger partial charge is 0.0897 e. The lowest BCUT2D eigenvalue weighted by Gasteiger charge is -2.15. The molecule has 1 aromatic carbocycles. The van der Waals surface area contributed by atoms with Crippen molar-refractivity contribution in [1.29, 1.82) is 0 Å². The van der Waals surface area contributed by atoms with Crippen molar-refractivity contribution in [2.45, 2.75) is 16.7 Å². The van der Waals surface area contributed by atoms with Gasteiger partial charge in [-0.1, -0.05) is 17.8 Å². The van der Waals surface area contributed by atoms with Gasteiger partial charge < -0.3 is 0 Å². The number of aryl methyl sites for hydroxylation is 1. The van der Waals surface area contributed by atoms with Gasteiger partial charge in [0.2, 0.25) is 0 Å². The van der Waals surface area contributed by atoms with Gasteiger partial charge in [-0.15, -0.1) is 0 Å². The molecular formula is C7H6S. The van der Waals surface area contributed by atoms with Crippen molar-refractivity contribution >= 4 is 11.8 Å². The second-order valence-corrected chi connectivity index (χ2v) is 3.14. The molecule has 0 radical (unpaired) electrons. The van der Waals surface area contributed by atoms with Crippen LogP contribution < -0.4 is 0 Å². The first-order chi connectivity index (χ1) is 3.86. The van der Waals surface area contributed by atoms with E-state index < -0.39 is 0 Å². The summed E-state index contributed by atoms with van der Waals surface area (Å²) in [7, 11) is 0. The van der Waals surface area contributed by atoms with Crippen LogP contribution in [0.1, 0.15) is 5.56 Å². The fraction of sp³-hybridized carbons (Fsp3) is 0.143. The smallest absolute Gasteiger partial charge is 0.0162 e. The molecule has 2 bridgehead atoms. The Morgan fingerprint density at radius 1 is 1.38 bits per heavy atom. The number of hydrogen-bond acceptors (Lipinski definition) is 1. The van der Waals surface area contributed by atoms with Crippen LogP contribution in [0.15, 0.2) is 28.0 Å². The quantitative estimate of drug-likeness (QED) is 0.517. The Kier molecular flexibility index (Phi) is 0.717. The molecule has 2 aliphatic rings. The molecule has 2 aliphatic heterocycles. The Hall–Kier alpha value is -0.430. The summed E-state index contributed by atoms with van der Waals surface area (Å²) in [5.41, 5.74) is 1.41. The Morgan fingerprint density at radius 2 is 2.12 bits per heavy atom.